The molecule has 1 aromatic carbocycles. The number of aromatic nitrogens is 1. The van der Waals surface area contributed by atoms with Gasteiger partial charge in [-0.05, 0) is 61.6 Å². The lowest BCUT2D eigenvalue weighted by Gasteiger charge is -2.45. The average molecular weight is 424 g/mol. The highest BCUT2D eigenvalue weighted by Gasteiger charge is 2.61. The van der Waals surface area contributed by atoms with E-state index in [2.05, 4.69) is 28.2 Å². The molecule has 1 aliphatic carbocycles. The van der Waals surface area contributed by atoms with Gasteiger partial charge in [-0.1, -0.05) is 26.8 Å². The number of carbonyl (C=O) groups excluding carboxylic acids is 2. The van der Waals surface area contributed by atoms with Crippen LogP contribution in [0.3, 0.4) is 0 Å². The molecule has 6 nitrogen and oxygen atoms in total. The van der Waals surface area contributed by atoms with Crippen LogP contribution < -0.4 is 5.32 Å². The molecule has 2 saturated heterocycles. The first-order valence-electron chi connectivity index (χ1n) is 11.6. The maximum atomic E-state index is 12.3. The molecule has 2 atom stereocenters. The van der Waals surface area contributed by atoms with Crippen molar-refractivity contribution in [3.63, 3.8) is 0 Å². The summed E-state index contributed by atoms with van der Waals surface area (Å²) in [6, 6.07) is 8.04. The average Bonchev–Trinajstić information content (AvgIpc) is 3.57. The number of hydrogen-bond donors (Lipinski definition) is 2. The van der Waals surface area contributed by atoms with E-state index < -0.39 is 5.60 Å². The van der Waals surface area contributed by atoms with Crippen LogP contribution in [-0.4, -0.2) is 46.4 Å². The fourth-order valence-electron chi connectivity index (χ4n) is 5.27. The number of nitrogens with zero attached hydrogens (tertiary/aromatic N) is 2. The maximum Gasteiger partial charge on any atom is 0.234 e. The van der Waals surface area contributed by atoms with E-state index in [-0.39, 0.29) is 23.1 Å². The minimum absolute atomic E-state index is 0.0381. The Morgan fingerprint density at radius 3 is 2.65 bits per heavy atom. The topological polar surface area (TPSA) is 82.5 Å². The van der Waals surface area contributed by atoms with Crippen LogP contribution in [0.5, 0.6) is 0 Å². The van der Waals surface area contributed by atoms with Gasteiger partial charge >= 0.3 is 0 Å². The largest absolute Gasteiger partial charge is 0.384 e. The van der Waals surface area contributed by atoms with Gasteiger partial charge in [-0.15, -0.1) is 0 Å². The summed E-state index contributed by atoms with van der Waals surface area (Å²) < 4.78 is 0. The first kappa shape index (κ1) is 21.9. The molecule has 1 saturated carbocycles. The lowest BCUT2D eigenvalue weighted by molar-refractivity contribution is -0.134. The normalized spacial score (nSPS) is 27.5. The second-order valence-corrected chi connectivity index (χ2v) is 8.94. The van der Waals surface area contributed by atoms with Gasteiger partial charge in [-0.2, -0.15) is 0 Å². The van der Waals surface area contributed by atoms with Crippen LogP contribution in [0.2, 0.25) is 0 Å². The van der Waals surface area contributed by atoms with Gasteiger partial charge in [-0.25, -0.2) is 0 Å². The van der Waals surface area contributed by atoms with Gasteiger partial charge in [0.05, 0.1) is 17.0 Å². The van der Waals surface area contributed by atoms with Crippen LogP contribution in [0.4, 0.5) is 0 Å². The molecule has 2 unspecified atom stereocenters. The molecule has 1 spiro atoms. The Labute approximate surface area is 184 Å². The third-order valence-corrected chi connectivity index (χ3v) is 7.32. The molecule has 2 N–H and O–H groups in total. The SMILES string of the molecule is CC.CCN1CCC(O)(c2ccc3ncc(C4CCC(=O)NC4=O)cc3c2)C2(CC2)C1. The van der Waals surface area contributed by atoms with E-state index in [0.29, 0.717) is 12.8 Å². The fourth-order valence-corrected chi connectivity index (χ4v) is 5.27. The van der Waals surface area contributed by atoms with Gasteiger partial charge in [-0.3, -0.25) is 19.9 Å². The Balaban J connectivity index is 0.00000112. The quantitative estimate of drug-likeness (QED) is 0.739. The number of aliphatic hydroxyl groups is 1. The third-order valence-electron chi connectivity index (χ3n) is 7.32. The number of carbonyl (C=O) groups is 2. The van der Waals surface area contributed by atoms with E-state index in [0.717, 1.165) is 60.9 Å². The first-order chi connectivity index (χ1) is 14.9. The van der Waals surface area contributed by atoms with Gasteiger partial charge in [0.25, 0.3) is 0 Å². The third kappa shape index (κ3) is 3.76. The van der Waals surface area contributed by atoms with Crippen molar-refractivity contribution in [3.8, 4) is 0 Å². The highest BCUT2D eigenvalue weighted by molar-refractivity contribution is 6.01. The Kier molecular flexibility index (Phi) is 5.88. The summed E-state index contributed by atoms with van der Waals surface area (Å²) in [5, 5.41) is 15.1. The number of rotatable bonds is 3. The van der Waals surface area contributed by atoms with Crippen molar-refractivity contribution >= 4 is 22.7 Å². The number of piperidine rings is 2. The molecule has 2 aromatic rings. The van der Waals surface area contributed by atoms with Gasteiger partial charge in [0.15, 0.2) is 0 Å². The van der Waals surface area contributed by atoms with Crippen LogP contribution in [0.25, 0.3) is 10.9 Å². The molecule has 3 fully saturated rings. The van der Waals surface area contributed by atoms with Gasteiger partial charge < -0.3 is 10.0 Å². The van der Waals surface area contributed by atoms with Crippen molar-refractivity contribution in [2.45, 2.75) is 64.4 Å². The molecular formula is C25H33N3O3. The summed E-state index contributed by atoms with van der Waals surface area (Å²) in [7, 11) is 0. The van der Waals surface area contributed by atoms with Crippen molar-refractivity contribution in [1.82, 2.24) is 15.2 Å². The number of hydrogen-bond acceptors (Lipinski definition) is 5. The molecule has 3 heterocycles. The summed E-state index contributed by atoms with van der Waals surface area (Å²) in [6.45, 7) is 9.06. The molecule has 1 aromatic heterocycles. The summed E-state index contributed by atoms with van der Waals surface area (Å²) >= 11 is 0. The standard InChI is InChI=1S/C23H27N3O3.C2H6/c1-2-26-10-9-23(29,22(14-26)7-8-22)17-3-5-19-15(12-17)11-16(13-24-19)18-4-6-20(27)25-21(18)28;1-2/h3,5,11-13,18,29H,2,4,6-10,14H2,1H3,(H,25,27,28);1-2H3. The van der Waals surface area contributed by atoms with Crippen molar-refractivity contribution in [2.75, 3.05) is 19.6 Å². The zero-order valence-corrected chi connectivity index (χ0v) is 18.8. The Hall–Kier alpha value is -2.31. The molecule has 166 valence electrons. The van der Waals surface area contributed by atoms with Gasteiger partial charge in [0.1, 0.15) is 0 Å². The van der Waals surface area contributed by atoms with Crippen molar-refractivity contribution in [2.24, 2.45) is 5.41 Å². The highest BCUT2D eigenvalue weighted by atomic mass is 16.3. The van der Waals surface area contributed by atoms with Gasteiger partial charge in [0.2, 0.25) is 11.8 Å². The van der Waals surface area contributed by atoms with E-state index in [4.69, 9.17) is 0 Å². The van der Waals surface area contributed by atoms with Crippen LogP contribution in [-0.2, 0) is 15.2 Å². The minimum Gasteiger partial charge on any atom is -0.384 e. The second-order valence-electron chi connectivity index (χ2n) is 8.94. The molecule has 31 heavy (non-hydrogen) atoms. The molecule has 5 rings (SSSR count). The molecule has 0 bridgehead atoms. The second kappa shape index (κ2) is 8.32. The van der Waals surface area contributed by atoms with E-state index in [1.165, 1.54) is 0 Å². The maximum absolute atomic E-state index is 12.3. The van der Waals surface area contributed by atoms with Gasteiger partial charge in [0, 0.05) is 36.5 Å². The molecule has 2 aliphatic heterocycles. The van der Waals surface area contributed by atoms with Crippen molar-refractivity contribution < 1.29 is 14.7 Å². The van der Waals surface area contributed by atoms with Crippen molar-refractivity contribution in [3.05, 3.63) is 41.6 Å². The lowest BCUT2D eigenvalue weighted by atomic mass is 9.73. The molecule has 0 radical (unpaired) electrons. The monoisotopic (exact) mass is 423 g/mol. The molecule has 2 amide bonds. The predicted molar refractivity (Wildman–Crippen MR) is 121 cm³/mol. The zero-order chi connectivity index (χ0) is 22.2. The molecule has 3 aliphatic rings. The Morgan fingerprint density at radius 1 is 1.19 bits per heavy atom. The lowest BCUT2D eigenvalue weighted by Crippen LogP contribution is -2.51. The van der Waals surface area contributed by atoms with Crippen LogP contribution in [0.1, 0.15) is 69.9 Å². The first-order valence-corrected chi connectivity index (χ1v) is 11.6. The number of benzene rings is 1. The zero-order valence-electron chi connectivity index (χ0n) is 18.8. The number of fused-ring (bicyclic) bond motifs is 1. The van der Waals surface area contributed by atoms with Crippen LogP contribution >= 0.6 is 0 Å². The van der Waals surface area contributed by atoms with E-state index >= 15 is 0 Å². The highest BCUT2D eigenvalue weighted by Crippen LogP contribution is 2.62. The van der Waals surface area contributed by atoms with Crippen LogP contribution in [0, 0.1) is 5.41 Å². The summed E-state index contributed by atoms with van der Waals surface area (Å²) in [5.41, 5.74) is 1.79. The Bertz CT molecular complexity index is 1000. The van der Waals surface area contributed by atoms with E-state index in [9.17, 15) is 14.7 Å². The summed E-state index contributed by atoms with van der Waals surface area (Å²) in [5.74, 6) is -0.808. The van der Waals surface area contributed by atoms with Crippen LogP contribution in [0.15, 0.2) is 30.5 Å². The number of amides is 2. The summed E-state index contributed by atoms with van der Waals surface area (Å²) in [4.78, 5) is 30.7. The van der Waals surface area contributed by atoms with E-state index in [1.807, 2.05) is 32.0 Å². The predicted octanol–water partition coefficient (Wildman–Crippen LogP) is 3.47. The van der Waals surface area contributed by atoms with E-state index in [1.54, 1.807) is 6.20 Å². The number of likely N-dealkylation sites (tertiary alicyclic amines) is 1. The molecular weight excluding hydrogens is 390 g/mol. The van der Waals surface area contributed by atoms with Crippen molar-refractivity contribution in [1.29, 1.82) is 0 Å². The number of imide groups is 1. The Morgan fingerprint density at radius 2 is 1.97 bits per heavy atom. The smallest absolute Gasteiger partial charge is 0.234 e. The molecule has 6 heteroatoms. The summed E-state index contributed by atoms with van der Waals surface area (Å²) in [6.07, 6.45) is 5.47. The minimum atomic E-state index is -0.808. The number of nitrogens with one attached hydrogen (secondary N) is 1. The fraction of sp³-hybridized carbons (Fsp3) is 0.560. The number of pyridine rings is 1.